The average molecular weight is 347 g/mol. The number of nitrogens with one attached hydrogen (secondary N) is 2. The Kier molecular flexibility index (Phi) is 8.14. The van der Waals surface area contributed by atoms with Gasteiger partial charge in [0.2, 0.25) is 11.8 Å². The highest BCUT2D eigenvalue weighted by atomic mass is 16.2. The Balaban J connectivity index is 2.59. The second kappa shape index (κ2) is 9.59. The minimum atomic E-state index is -0.433. The van der Waals surface area contributed by atoms with E-state index in [0.29, 0.717) is 18.9 Å². The van der Waals surface area contributed by atoms with Crippen molar-refractivity contribution in [2.45, 2.75) is 66.8 Å². The van der Waals surface area contributed by atoms with Crippen LogP contribution in [0.5, 0.6) is 0 Å². The van der Waals surface area contributed by atoms with Crippen molar-refractivity contribution in [1.82, 2.24) is 10.6 Å². The molecule has 1 aromatic carbocycles. The second-order valence-electron chi connectivity index (χ2n) is 8.04. The van der Waals surface area contributed by atoms with Crippen LogP contribution in [0.25, 0.3) is 0 Å². The third-order valence-corrected chi connectivity index (χ3v) is 4.18. The van der Waals surface area contributed by atoms with Gasteiger partial charge in [-0.05, 0) is 23.5 Å². The first-order valence-corrected chi connectivity index (χ1v) is 9.31. The predicted octanol–water partition coefficient (Wildman–Crippen LogP) is 4.00. The van der Waals surface area contributed by atoms with Gasteiger partial charge in [0.15, 0.2) is 0 Å². The number of aryl methyl sites for hydroxylation is 1. The molecule has 1 atom stereocenters. The Morgan fingerprint density at radius 1 is 1.08 bits per heavy atom. The Morgan fingerprint density at radius 2 is 1.68 bits per heavy atom. The van der Waals surface area contributed by atoms with Crippen LogP contribution in [0.15, 0.2) is 24.3 Å². The van der Waals surface area contributed by atoms with Gasteiger partial charge in [-0.25, -0.2) is 0 Å². The van der Waals surface area contributed by atoms with E-state index < -0.39 is 5.41 Å². The molecule has 0 saturated carbocycles. The van der Waals surface area contributed by atoms with Crippen LogP contribution in [0.1, 0.15) is 71.6 Å². The molecule has 2 N–H and O–H groups in total. The van der Waals surface area contributed by atoms with Gasteiger partial charge in [-0.1, -0.05) is 72.2 Å². The van der Waals surface area contributed by atoms with Gasteiger partial charge in [0.05, 0.1) is 6.04 Å². The van der Waals surface area contributed by atoms with E-state index in [0.717, 1.165) is 18.4 Å². The normalized spacial score (nSPS) is 12.8. The largest absolute Gasteiger partial charge is 0.355 e. The maximum absolute atomic E-state index is 12.3. The third kappa shape index (κ3) is 7.29. The lowest BCUT2D eigenvalue weighted by Crippen LogP contribution is -2.38. The fourth-order valence-electron chi connectivity index (χ4n) is 2.62. The SMILES string of the molecule is CCCc1ccc(C(NC(=O)CCNC(=O)C(C)(C)C)C(C)C)cc1. The molecule has 0 aliphatic heterocycles. The second-order valence-corrected chi connectivity index (χ2v) is 8.04. The number of rotatable bonds is 8. The topological polar surface area (TPSA) is 58.2 Å². The smallest absolute Gasteiger partial charge is 0.225 e. The fourth-order valence-corrected chi connectivity index (χ4v) is 2.62. The van der Waals surface area contributed by atoms with Crippen LogP contribution in [-0.2, 0) is 16.0 Å². The van der Waals surface area contributed by atoms with Crippen LogP contribution >= 0.6 is 0 Å². The van der Waals surface area contributed by atoms with Gasteiger partial charge >= 0.3 is 0 Å². The van der Waals surface area contributed by atoms with Gasteiger partial charge < -0.3 is 10.6 Å². The van der Waals surface area contributed by atoms with Crippen LogP contribution < -0.4 is 10.6 Å². The summed E-state index contributed by atoms with van der Waals surface area (Å²) in [6, 6.07) is 8.49. The van der Waals surface area contributed by atoms with E-state index in [1.807, 2.05) is 20.8 Å². The Labute approximate surface area is 152 Å². The van der Waals surface area contributed by atoms with Crippen molar-refractivity contribution in [3.05, 3.63) is 35.4 Å². The molecule has 25 heavy (non-hydrogen) atoms. The summed E-state index contributed by atoms with van der Waals surface area (Å²) in [6.45, 7) is 12.3. The summed E-state index contributed by atoms with van der Waals surface area (Å²) in [6.07, 6.45) is 2.50. The molecular weight excluding hydrogens is 312 g/mol. The average Bonchev–Trinajstić information content (AvgIpc) is 2.52. The van der Waals surface area contributed by atoms with E-state index >= 15 is 0 Å². The predicted molar refractivity (Wildman–Crippen MR) is 103 cm³/mol. The lowest BCUT2D eigenvalue weighted by molar-refractivity contribution is -0.128. The molecule has 0 aliphatic rings. The standard InChI is InChI=1S/C21H34N2O2/c1-7-8-16-9-11-17(12-10-16)19(15(2)3)23-18(24)13-14-22-20(25)21(4,5)6/h9-12,15,19H,7-8,13-14H2,1-6H3,(H,22,25)(H,23,24). The molecule has 0 fully saturated rings. The summed E-state index contributed by atoms with van der Waals surface area (Å²) >= 11 is 0. The molecule has 4 heteroatoms. The number of carbonyl (C=O) groups excluding carboxylic acids is 2. The molecule has 1 unspecified atom stereocenters. The quantitative estimate of drug-likeness (QED) is 0.747. The zero-order chi connectivity index (χ0) is 19.0. The number of benzene rings is 1. The minimum absolute atomic E-state index is 0.0125. The molecule has 0 bridgehead atoms. The van der Waals surface area contributed by atoms with Gasteiger partial charge in [0, 0.05) is 18.4 Å². The van der Waals surface area contributed by atoms with Gasteiger partial charge in [-0.3, -0.25) is 9.59 Å². The highest BCUT2D eigenvalue weighted by Gasteiger charge is 2.21. The molecule has 2 amide bonds. The molecule has 0 saturated heterocycles. The van der Waals surface area contributed by atoms with E-state index in [2.05, 4.69) is 55.7 Å². The maximum Gasteiger partial charge on any atom is 0.225 e. The summed E-state index contributed by atoms with van der Waals surface area (Å²) in [7, 11) is 0. The molecule has 0 radical (unpaired) electrons. The van der Waals surface area contributed by atoms with Crippen molar-refractivity contribution in [1.29, 1.82) is 0 Å². The van der Waals surface area contributed by atoms with Crippen LogP contribution in [0.4, 0.5) is 0 Å². The van der Waals surface area contributed by atoms with Gasteiger partial charge in [-0.15, -0.1) is 0 Å². The van der Waals surface area contributed by atoms with Gasteiger partial charge in [0.1, 0.15) is 0 Å². The number of hydrogen-bond donors (Lipinski definition) is 2. The number of carbonyl (C=O) groups is 2. The molecule has 1 rings (SSSR count). The summed E-state index contributed by atoms with van der Waals surface area (Å²) in [5.74, 6) is 0.225. The molecule has 140 valence electrons. The maximum atomic E-state index is 12.3. The van der Waals surface area contributed by atoms with Gasteiger partial charge in [0.25, 0.3) is 0 Å². The van der Waals surface area contributed by atoms with Crippen molar-refractivity contribution in [3.8, 4) is 0 Å². The first kappa shape index (κ1) is 21.2. The van der Waals surface area contributed by atoms with Crippen molar-refractivity contribution in [2.24, 2.45) is 11.3 Å². The van der Waals surface area contributed by atoms with E-state index in [-0.39, 0.29) is 17.9 Å². The molecule has 0 aromatic heterocycles. The lowest BCUT2D eigenvalue weighted by Gasteiger charge is -2.23. The highest BCUT2D eigenvalue weighted by molar-refractivity contribution is 5.82. The van der Waals surface area contributed by atoms with Crippen LogP contribution in [0, 0.1) is 11.3 Å². The van der Waals surface area contributed by atoms with Gasteiger partial charge in [-0.2, -0.15) is 0 Å². The van der Waals surface area contributed by atoms with E-state index in [4.69, 9.17) is 0 Å². The molecule has 0 aliphatic carbocycles. The van der Waals surface area contributed by atoms with E-state index in [1.165, 1.54) is 5.56 Å². The van der Waals surface area contributed by atoms with Crippen molar-refractivity contribution < 1.29 is 9.59 Å². The van der Waals surface area contributed by atoms with Crippen molar-refractivity contribution >= 4 is 11.8 Å². The zero-order valence-electron chi connectivity index (χ0n) is 16.6. The Hall–Kier alpha value is -1.84. The number of hydrogen-bond acceptors (Lipinski definition) is 2. The van der Waals surface area contributed by atoms with Crippen LogP contribution in [0.3, 0.4) is 0 Å². The first-order valence-electron chi connectivity index (χ1n) is 9.31. The molecule has 0 spiro atoms. The third-order valence-electron chi connectivity index (χ3n) is 4.18. The van der Waals surface area contributed by atoms with Crippen molar-refractivity contribution in [3.63, 3.8) is 0 Å². The van der Waals surface area contributed by atoms with Crippen molar-refractivity contribution in [2.75, 3.05) is 6.54 Å². The molecular formula is C21H34N2O2. The van der Waals surface area contributed by atoms with Crippen LogP contribution in [-0.4, -0.2) is 18.4 Å². The monoisotopic (exact) mass is 346 g/mol. The molecule has 1 aromatic rings. The minimum Gasteiger partial charge on any atom is -0.355 e. The van der Waals surface area contributed by atoms with E-state index in [1.54, 1.807) is 0 Å². The summed E-state index contributed by atoms with van der Waals surface area (Å²) in [4.78, 5) is 24.1. The first-order chi connectivity index (χ1) is 11.6. The molecule has 0 heterocycles. The van der Waals surface area contributed by atoms with E-state index in [9.17, 15) is 9.59 Å². The molecule has 4 nitrogen and oxygen atoms in total. The lowest BCUT2D eigenvalue weighted by atomic mass is 9.94. The fraction of sp³-hybridized carbons (Fsp3) is 0.619. The number of amides is 2. The Bertz CT molecular complexity index is 556. The summed E-state index contributed by atoms with van der Waals surface area (Å²) in [5, 5.41) is 5.92. The summed E-state index contributed by atoms with van der Waals surface area (Å²) in [5.41, 5.74) is 2.02. The summed E-state index contributed by atoms with van der Waals surface area (Å²) < 4.78 is 0. The zero-order valence-corrected chi connectivity index (χ0v) is 16.6. The Morgan fingerprint density at radius 3 is 2.16 bits per heavy atom. The van der Waals surface area contributed by atoms with Crippen LogP contribution in [0.2, 0.25) is 0 Å². The highest BCUT2D eigenvalue weighted by Crippen LogP contribution is 2.22.